The van der Waals surface area contributed by atoms with Crippen LogP contribution in [0.1, 0.15) is 11.1 Å². The van der Waals surface area contributed by atoms with Crippen LogP contribution in [0.15, 0.2) is 12.1 Å². The Bertz CT molecular complexity index is 312. The number of hydrogen-bond acceptors (Lipinski definition) is 3. The third-order valence-corrected chi connectivity index (χ3v) is 1.93. The van der Waals surface area contributed by atoms with Crippen molar-refractivity contribution in [3.8, 4) is 5.75 Å². The van der Waals surface area contributed by atoms with Crippen molar-refractivity contribution in [1.29, 1.82) is 0 Å². The summed E-state index contributed by atoms with van der Waals surface area (Å²) in [5.41, 5.74) is 0.853. The first kappa shape index (κ1) is 10.9. The van der Waals surface area contributed by atoms with E-state index in [0.717, 1.165) is 0 Å². The lowest BCUT2D eigenvalue weighted by Gasteiger charge is -2.10. The van der Waals surface area contributed by atoms with Crippen LogP contribution in [-0.4, -0.2) is 19.3 Å². The van der Waals surface area contributed by atoms with E-state index in [1.165, 1.54) is 14.2 Å². The van der Waals surface area contributed by atoms with E-state index in [4.69, 9.17) is 14.6 Å². The topological polar surface area (TPSA) is 38.7 Å². The van der Waals surface area contributed by atoms with Crippen LogP contribution >= 0.6 is 0 Å². The second-order valence-electron chi connectivity index (χ2n) is 2.82. The Morgan fingerprint density at radius 1 is 1.29 bits per heavy atom. The van der Waals surface area contributed by atoms with E-state index in [1.54, 1.807) is 12.1 Å². The van der Waals surface area contributed by atoms with E-state index in [-0.39, 0.29) is 19.0 Å². The first-order chi connectivity index (χ1) is 6.74. The molecule has 0 saturated carbocycles. The Morgan fingerprint density at radius 3 is 2.43 bits per heavy atom. The van der Waals surface area contributed by atoms with Gasteiger partial charge in [-0.3, -0.25) is 0 Å². The van der Waals surface area contributed by atoms with Gasteiger partial charge in [0.05, 0.1) is 20.3 Å². The Balaban J connectivity index is 3.13. The lowest BCUT2D eigenvalue weighted by atomic mass is 10.1. The highest BCUT2D eigenvalue weighted by atomic mass is 19.1. The van der Waals surface area contributed by atoms with E-state index in [9.17, 15) is 4.39 Å². The number of halogens is 1. The molecule has 4 heteroatoms. The van der Waals surface area contributed by atoms with Crippen LogP contribution in [0.2, 0.25) is 0 Å². The molecular formula is C10H13FO3. The van der Waals surface area contributed by atoms with Gasteiger partial charge in [-0.2, -0.15) is 0 Å². The number of ether oxygens (including phenoxy) is 2. The quantitative estimate of drug-likeness (QED) is 0.800. The van der Waals surface area contributed by atoms with Crippen molar-refractivity contribution in [2.24, 2.45) is 0 Å². The van der Waals surface area contributed by atoms with E-state index < -0.39 is 5.82 Å². The zero-order valence-corrected chi connectivity index (χ0v) is 8.21. The Morgan fingerprint density at radius 2 is 1.93 bits per heavy atom. The van der Waals surface area contributed by atoms with Gasteiger partial charge in [0.25, 0.3) is 0 Å². The zero-order valence-electron chi connectivity index (χ0n) is 8.21. The molecule has 1 aromatic carbocycles. The molecule has 3 nitrogen and oxygen atoms in total. The summed E-state index contributed by atoms with van der Waals surface area (Å²) in [5, 5.41) is 8.92. The smallest absolute Gasteiger partial charge is 0.170 e. The standard InChI is InChI=1S/C10H13FO3/c1-13-6-8-4-3-7(5-12)10(14-2)9(8)11/h3-4,12H,5-6H2,1-2H3. The monoisotopic (exact) mass is 200 g/mol. The van der Waals surface area contributed by atoms with Gasteiger partial charge in [0.1, 0.15) is 0 Å². The van der Waals surface area contributed by atoms with Crippen LogP contribution in [0.3, 0.4) is 0 Å². The third-order valence-electron chi connectivity index (χ3n) is 1.93. The Labute approximate surface area is 82.1 Å². The van der Waals surface area contributed by atoms with Gasteiger partial charge in [-0.15, -0.1) is 0 Å². The highest BCUT2D eigenvalue weighted by Gasteiger charge is 2.12. The Kier molecular flexibility index (Phi) is 3.85. The maximum Gasteiger partial charge on any atom is 0.170 e. The SMILES string of the molecule is COCc1ccc(CO)c(OC)c1F. The number of hydrogen-bond donors (Lipinski definition) is 1. The number of rotatable bonds is 4. The van der Waals surface area contributed by atoms with Gasteiger partial charge in [-0.05, 0) is 0 Å². The molecule has 14 heavy (non-hydrogen) atoms. The molecule has 0 aliphatic rings. The zero-order chi connectivity index (χ0) is 10.6. The molecule has 0 unspecified atom stereocenters. The summed E-state index contributed by atoms with van der Waals surface area (Å²) in [4.78, 5) is 0. The highest BCUT2D eigenvalue weighted by Crippen LogP contribution is 2.25. The second-order valence-corrected chi connectivity index (χ2v) is 2.82. The van der Waals surface area contributed by atoms with Crippen molar-refractivity contribution >= 4 is 0 Å². The number of benzene rings is 1. The lowest BCUT2D eigenvalue weighted by molar-refractivity contribution is 0.180. The minimum absolute atomic E-state index is 0.0852. The van der Waals surface area contributed by atoms with Gasteiger partial charge in [0.15, 0.2) is 11.6 Å². The van der Waals surface area contributed by atoms with Crippen molar-refractivity contribution in [1.82, 2.24) is 0 Å². The molecule has 0 amide bonds. The normalized spacial score (nSPS) is 10.3. The molecule has 0 aliphatic carbocycles. The molecule has 0 saturated heterocycles. The predicted molar refractivity (Wildman–Crippen MR) is 49.6 cm³/mol. The Hall–Kier alpha value is -1.13. The van der Waals surface area contributed by atoms with E-state index in [0.29, 0.717) is 11.1 Å². The van der Waals surface area contributed by atoms with Gasteiger partial charge in [-0.1, -0.05) is 12.1 Å². The van der Waals surface area contributed by atoms with Crippen molar-refractivity contribution < 1.29 is 19.0 Å². The molecule has 1 aromatic rings. The van der Waals surface area contributed by atoms with Crippen molar-refractivity contribution in [3.63, 3.8) is 0 Å². The van der Waals surface area contributed by atoms with Crippen LogP contribution in [0.5, 0.6) is 5.75 Å². The lowest BCUT2D eigenvalue weighted by Crippen LogP contribution is -2.00. The first-order valence-electron chi connectivity index (χ1n) is 4.18. The van der Waals surface area contributed by atoms with Crippen LogP contribution in [-0.2, 0) is 18.0 Å². The fraction of sp³-hybridized carbons (Fsp3) is 0.400. The molecule has 1 N–H and O–H groups in total. The summed E-state index contributed by atoms with van der Waals surface area (Å²) in [6.45, 7) is -0.0543. The average molecular weight is 200 g/mol. The summed E-state index contributed by atoms with van der Waals surface area (Å²) >= 11 is 0. The van der Waals surface area contributed by atoms with E-state index >= 15 is 0 Å². The maximum atomic E-state index is 13.6. The van der Waals surface area contributed by atoms with Crippen LogP contribution in [0.25, 0.3) is 0 Å². The summed E-state index contributed by atoms with van der Waals surface area (Å²) < 4.78 is 23.3. The van der Waals surface area contributed by atoms with Gasteiger partial charge in [0, 0.05) is 18.2 Å². The van der Waals surface area contributed by atoms with E-state index in [1.807, 2.05) is 0 Å². The molecule has 1 rings (SSSR count). The average Bonchev–Trinajstić information content (AvgIpc) is 2.21. The molecule has 0 bridgehead atoms. The number of aliphatic hydroxyl groups is 1. The largest absolute Gasteiger partial charge is 0.493 e. The summed E-state index contributed by atoms with van der Waals surface area (Å²) in [7, 11) is 2.86. The fourth-order valence-electron chi connectivity index (χ4n) is 1.25. The molecular weight excluding hydrogens is 187 g/mol. The number of methoxy groups -OCH3 is 2. The minimum Gasteiger partial charge on any atom is -0.493 e. The minimum atomic E-state index is -0.471. The molecule has 0 radical (unpaired) electrons. The molecule has 0 heterocycles. The predicted octanol–water partition coefficient (Wildman–Crippen LogP) is 1.47. The van der Waals surface area contributed by atoms with Gasteiger partial charge in [0.2, 0.25) is 0 Å². The summed E-state index contributed by atoms with van der Waals surface area (Å²) in [6, 6.07) is 3.20. The molecule has 0 aliphatic heterocycles. The molecule has 0 spiro atoms. The molecule has 0 aromatic heterocycles. The van der Waals surface area contributed by atoms with Gasteiger partial charge >= 0.3 is 0 Å². The van der Waals surface area contributed by atoms with Gasteiger partial charge < -0.3 is 14.6 Å². The second kappa shape index (κ2) is 4.93. The maximum absolute atomic E-state index is 13.6. The van der Waals surface area contributed by atoms with E-state index in [2.05, 4.69) is 0 Å². The molecule has 0 fully saturated rings. The molecule has 78 valence electrons. The number of aliphatic hydroxyl groups excluding tert-OH is 1. The van der Waals surface area contributed by atoms with Crippen molar-refractivity contribution in [3.05, 3.63) is 29.1 Å². The van der Waals surface area contributed by atoms with Crippen LogP contribution in [0, 0.1) is 5.82 Å². The third kappa shape index (κ3) is 2.02. The first-order valence-corrected chi connectivity index (χ1v) is 4.18. The van der Waals surface area contributed by atoms with Crippen molar-refractivity contribution in [2.75, 3.05) is 14.2 Å². The summed E-state index contributed by atoms with van der Waals surface area (Å²) in [6.07, 6.45) is 0. The van der Waals surface area contributed by atoms with Crippen LogP contribution < -0.4 is 4.74 Å². The highest BCUT2D eigenvalue weighted by molar-refractivity contribution is 5.38. The fourth-order valence-corrected chi connectivity index (χ4v) is 1.25. The summed E-state index contributed by atoms with van der Waals surface area (Å²) in [5.74, 6) is -0.386. The van der Waals surface area contributed by atoms with Crippen LogP contribution in [0.4, 0.5) is 4.39 Å². The molecule has 0 atom stereocenters. The van der Waals surface area contributed by atoms with Crippen molar-refractivity contribution in [2.45, 2.75) is 13.2 Å². The van der Waals surface area contributed by atoms with Gasteiger partial charge in [-0.25, -0.2) is 4.39 Å².